The highest BCUT2D eigenvalue weighted by Crippen LogP contribution is 2.15. The predicted molar refractivity (Wildman–Crippen MR) is 99.2 cm³/mol. The number of nitrogens with one attached hydrogen (secondary N) is 1. The SMILES string of the molecule is Cn1nc2n(c1=O)CCN(C(=O)CNC(=O)c1ccc3ccccc3c1)C2. The summed E-state index contributed by atoms with van der Waals surface area (Å²) in [6.07, 6.45) is 0. The molecule has 0 fully saturated rings. The molecule has 1 aromatic heterocycles. The maximum atomic E-state index is 12.4. The van der Waals surface area contributed by atoms with Gasteiger partial charge in [0.15, 0.2) is 5.82 Å². The van der Waals surface area contributed by atoms with E-state index in [0.717, 1.165) is 10.8 Å². The lowest BCUT2D eigenvalue weighted by molar-refractivity contribution is -0.131. The molecule has 1 aliphatic heterocycles. The molecule has 0 saturated heterocycles. The Labute approximate surface area is 155 Å². The van der Waals surface area contributed by atoms with Crippen molar-refractivity contribution in [3.63, 3.8) is 0 Å². The van der Waals surface area contributed by atoms with Crippen LogP contribution < -0.4 is 11.0 Å². The van der Waals surface area contributed by atoms with E-state index in [9.17, 15) is 14.4 Å². The minimum absolute atomic E-state index is 0.0945. The molecular formula is C19H19N5O3. The summed E-state index contributed by atoms with van der Waals surface area (Å²) in [4.78, 5) is 38.3. The van der Waals surface area contributed by atoms with Gasteiger partial charge in [0, 0.05) is 25.7 Å². The van der Waals surface area contributed by atoms with Crippen LogP contribution in [0.4, 0.5) is 0 Å². The van der Waals surface area contributed by atoms with Crippen LogP contribution in [0, 0.1) is 0 Å². The molecule has 1 aliphatic rings. The number of nitrogens with zero attached hydrogens (tertiary/aromatic N) is 4. The van der Waals surface area contributed by atoms with Crippen molar-refractivity contribution in [3.8, 4) is 0 Å². The number of amides is 2. The fourth-order valence-corrected chi connectivity index (χ4v) is 3.28. The van der Waals surface area contributed by atoms with Crippen LogP contribution in [0.25, 0.3) is 10.8 Å². The Hall–Kier alpha value is -3.42. The molecule has 1 N–H and O–H groups in total. The summed E-state index contributed by atoms with van der Waals surface area (Å²) in [6, 6.07) is 13.2. The van der Waals surface area contributed by atoms with Crippen molar-refractivity contribution in [1.82, 2.24) is 24.6 Å². The first kappa shape index (κ1) is 17.0. The van der Waals surface area contributed by atoms with Gasteiger partial charge < -0.3 is 10.2 Å². The van der Waals surface area contributed by atoms with Crippen LogP contribution in [0.15, 0.2) is 47.3 Å². The van der Waals surface area contributed by atoms with Gasteiger partial charge in [0.05, 0.1) is 13.1 Å². The van der Waals surface area contributed by atoms with Crippen molar-refractivity contribution in [2.45, 2.75) is 13.1 Å². The Bertz CT molecular complexity index is 1100. The monoisotopic (exact) mass is 365 g/mol. The molecule has 8 heteroatoms. The van der Waals surface area contributed by atoms with E-state index >= 15 is 0 Å². The predicted octanol–water partition coefficient (Wildman–Crippen LogP) is 0.507. The summed E-state index contributed by atoms with van der Waals surface area (Å²) >= 11 is 0. The summed E-state index contributed by atoms with van der Waals surface area (Å²) in [6.45, 7) is 0.999. The summed E-state index contributed by atoms with van der Waals surface area (Å²) in [5.74, 6) is 0.0669. The van der Waals surface area contributed by atoms with Crippen LogP contribution in [0.5, 0.6) is 0 Å². The molecule has 0 bridgehead atoms. The van der Waals surface area contributed by atoms with Gasteiger partial charge in [-0.1, -0.05) is 30.3 Å². The molecule has 0 atom stereocenters. The molecule has 8 nitrogen and oxygen atoms in total. The molecule has 4 rings (SSSR count). The molecule has 0 spiro atoms. The Kier molecular flexibility index (Phi) is 4.23. The van der Waals surface area contributed by atoms with Crippen LogP contribution in [-0.4, -0.2) is 44.2 Å². The van der Waals surface area contributed by atoms with Crippen molar-refractivity contribution in [3.05, 3.63) is 64.3 Å². The van der Waals surface area contributed by atoms with Gasteiger partial charge in [-0.05, 0) is 22.9 Å². The number of carbonyl (C=O) groups excluding carboxylic acids is 2. The first-order chi connectivity index (χ1) is 13.0. The Balaban J connectivity index is 1.40. The molecule has 3 aromatic rings. The van der Waals surface area contributed by atoms with E-state index in [1.807, 2.05) is 36.4 Å². The van der Waals surface area contributed by atoms with Crippen LogP contribution >= 0.6 is 0 Å². The summed E-state index contributed by atoms with van der Waals surface area (Å²) < 4.78 is 2.84. The van der Waals surface area contributed by atoms with Gasteiger partial charge in [-0.15, -0.1) is 0 Å². The number of rotatable bonds is 3. The van der Waals surface area contributed by atoms with Crippen molar-refractivity contribution in [1.29, 1.82) is 0 Å². The number of aromatic nitrogens is 3. The molecule has 2 heterocycles. The van der Waals surface area contributed by atoms with Crippen molar-refractivity contribution < 1.29 is 9.59 Å². The molecule has 0 radical (unpaired) electrons. The fourth-order valence-electron chi connectivity index (χ4n) is 3.28. The lowest BCUT2D eigenvalue weighted by Crippen LogP contribution is -2.45. The standard InChI is InChI=1S/C19H19N5O3/c1-22-19(27)24-9-8-23(12-16(24)21-22)17(25)11-20-18(26)15-7-6-13-4-2-3-5-14(13)10-15/h2-7,10H,8-9,11-12H2,1H3,(H,20,26). The molecule has 0 aliphatic carbocycles. The zero-order valence-electron chi connectivity index (χ0n) is 14.9. The number of fused-ring (bicyclic) bond motifs is 2. The van der Waals surface area contributed by atoms with Gasteiger partial charge in [0.1, 0.15) is 0 Å². The topological polar surface area (TPSA) is 89.2 Å². The van der Waals surface area contributed by atoms with Crippen LogP contribution in [0.1, 0.15) is 16.2 Å². The van der Waals surface area contributed by atoms with Crippen LogP contribution in [0.3, 0.4) is 0 Å². The highest BCUT2D eigenvalue weighted by Gasteiger charge is 2.24. The van der Waals surface area contributed by atoms with Gasteiger partial charge in [0.2, 0.25) is 5.91 Å². The third-order valence-corrected chi connectivity index (χ3v) is 4.78. The normalized spacial score (nSPS) is 13.4. The maximum absolute atomic E-state index is 12.4. The van der Waals surface area contributed by atoms with E-state index in [1.165, 1.54) is 4.68 Å². The maximum Gasteiger partial charge on any atom is 0.345 e. The fraction of sp³-hybridized carbons (Fsp3) is 0.263. The number of hydrogen-bond donors (Lipinski definition) is 1. The summed E-state index contributed by atoms with van der Waals surface area (Å²) in [5.41, 5.74) is 0.334. The van der Waals surface area contributed by atoms with Crippen LogP contribution in [-0.2, 0) is 24.9 Å². The minimum atomic E-state index is -0.291. The van der Waals surface area contributed by atoms with Crippen LogP contribution in [0.2, 0.25) is 0 Å². The average Bonchev–Trinajstić information content (AvgIpc) is 2.98. The first-order valence-corrected chi connectivity index (χ1v) is 8.70. The van der Waals surface area contributed by atoms with Gasteiger partial charge in [-0.25, -0.2) is 9.48 Å². The Morgan fingerprint density at radius 1 is 1.11 bits per heavy atom. The quantitative estimate of drug-likeness (QED) is 0.732. The lowest BCUT2D eigenvalue weighted by atomic mass is 10.1. The molecule has 0 saturated carbocycles. The number of benzene rings is 2. The third-order valence-electron chi connectivity index (χ3n) is 4.78. The zero-order valence-corrected chi connectivity index (χ0v) is 14.9. The van der Waals surface area contributed by atoms with Crippen molar-refractivity contribution in [2.24, 2.45) is 7.05 Å². The summed E-state index contributed by atoms with van der Waals surface area (Å²) in [7, 11) is 1.59. The highest BCUT2D eigenvalue weighted by atomic mass is 16.2. The Morgan fingerprint density at radius 2 is 1.89 bits per heavy atom. The number of carbonyl (C=O) groups is 2. The van der Waals surface area contributed by atoms with Gasteiger partial charge in [-0.3, -0.25) is 14.2 Å². The molecule has 138 valence electrons. The lowest BCUT2D eigenvalue weighted by Gasteiger charge is -2.26. The largest absolute Gasteiger partial charge is 0.345 e. The molecular weight excluding hydrogens is 346 g/mol. The average molecular weight is 365 g/mol. The van der Waals surface area contributed by atoms with E-state index < -0.39 is 0 Å². The van der Waals surface area contributed by atoms with Crippen molar-refractivity contribution in [2.75, 3.05) is 13.1 Å². The van der Waals surface area contributed by atoms with Gasteiger partial charge >= 0.3 is 5.69 Å². The smallest absolute Gasteiger partial charge is 0.343 e. The third kappa shape index (κ3) is 3.21. The highest BCUT2D eigenvalue weighted by molar-refractivity contribution is 6.00. The molecule has 0 unspecified atom stereocenters. The van der Waals surface area contributed by atoms with E-state index in [-0.39, 0.29) is 30.6 Å². The Morgan fingerprint density at radius 3 is 2.70 bits per heavy atom. The second kappa shape index (κ2) is 6.71. The van der Waals surface area contributed by atoms with Crippen molar-refractivity contribution >= 4 is 22.6 Å². The van der Waals surface area contributed by atoms with Gasteiger partial charge in [0.25, 0.3) is 5.91 Å². The first-order valence-electron chi connectivity index (χ1n) is 8.70. The summed E-state index contributed by atoms with van der Waals surface area (Å²) in [5, 5.41) is 8.85. The molecule has 2 aromatic carbocycles. The zero-order chi connectivity index (χ0) is 19.0. The van der Waals surface area contributed by atoms with Gasteiger partial charge in [-0.2, -0.15) is 5.10 Å². The number of hydrogen-bond acceptors (Lipinski definition) is 4. The number of aryl methyl sites for hydroxylation is 1. The van der Waals surface area contributed by atoms with E-state index in [1.54, 1.807) is 22.6 Å². The van der Waals surface area contributed by atoms with E-state index in [0.29, 0.717) is 24.5 Å². The molecule has 27 heavy (non-hydrogen) atoms. The second-order valence-electron chi connectivity index (χ2n) is 6.53. The minimum Gasteiger partial charge on any atom is -0.343 e. The van der Waals surface area contributed by atoms with E-state index in [4.69, 9.17) is 0 Å². The molecule has 2 amide bonds. The second-order valence-corrected chi connectivity index (χ2v) is 6.53. The van der Waals surface area contributed by atoms with E-state index in [2.05, 4.69) is 10.4 Å².